The average Bonchev–Trinajstić information content (AvgIpc) is 3.03. The Hall–Kier alpha value is -0.540. The van der Waals surface area contributed by atoms with Crippen molar-refractivity contribution in [2.45, 2.75) is 103 Å². The van der Waals surface area contributed by atoms with Crippen molar-refractivity contribution in [2.75, 3.05) is 6.61 Å². The summed E-state index contributed by atoms with van der Waals surface area (Å²) in [5.41, 5.74) is 0. The van der Waals surface area contributed by atoms with Gasteiger partial charge in [-0.05, 0) is 50.0 Å². The molecule has 0 aliphatic heterocycles. The van der Waals surface area contributed by atoms with E-state index in [0.29, 0.717) is 0 Å². The SMILES string of the molecule is CCCCCC(O)CC[C@H]1CCC[C@@H]1CCCCCC=C(O)CO. The van der Waals surface area contributed by atoms with Crippen LogP contribution < -0.4 is 0 Å². The molecule has 1 rings (SSSR count). The van der Waals surface area contributed by atoms with Crippen LogP contribution in [0.15, 0.2) is 11.8 Å². The summed E-state index contributed by atoms with van der Waals surface area (Å²) in [6.07, 6.45) is 18.4. The summed E-state index contributed by atoms with van der Waals surface area (Å²) >= 11 is 0. The van der Waals surface area contributed by atoms with Crippen molar-refractivity contribution >= 4 is 0 Å². The number of allylic oxidation sites excluding steroid dienone is 1. The lowest BCUT2D eigenvalue weighted by molar-refractivity contribution is 0.137. The van der Waals surface area contributed by atoms with Crippen molar-refractivity contribution in [1.29, 1.82) is 0 Å². The van der Waals surface area contributed by atoms with E-state index in [0.717, 1.165) is 37.5 Å². The topological polar surface area (TPSA) is 60.7 Å². The molecule has 0 aromatic rings. The van der Waals surface area contributed by atoms with Crippen LogP contribution in [-0.2, 0) is 0 Å². The highest BCUT2D eigenvalue weighted by Gasteiger charge is 2.26. The summed E-state index contributed by atoms with van der Waals surface area (Å²) in [7, 11) is 0. The molecular weight excluding hydrogens is 300 g/mol. The van der Waals surface area contributed by atoms with Gasteiger partial charge in [-0.25, -0.2) is 0 Å². The van der Waals surface area contributed by atoms with Gasteiger partial charge < -0.3 is 15.3 Å². The highest BCUT2D eigenvalue weighted by atomic mass is 16.3. The zero-order chi connectivity index (χ0) is 17.6. The molecule has 0 heterocycles. The number of rotatable bonds is 14. The van der Waals surface area contributed by atoms with E-state index in [1.807, 2.05) is 0 Å². The molecule has 24 heavy (non-hydrogen) atoms. The first-order chi connectivity index (χ1) is 11.7. The maximum absolute atomic E-state index is 10.1. The van der Waals surface area contributed by atoms with Crippen molar-refractivity contribution in [2.24, 2.45) is 11.8 Å². The molecule has 0 spiro atoms. The van der Waals surface area contributed by atoms with Gasteiger partial charge in [0.2, 0.25) is 0 Å². The smallest absolute Gasteiger partial charge is 0.114 e. The summed E-state index contributed by atoms with van der Waals surface area (Å²) in [6.45, 7) is 1.97. The minimum absolute atomic E-state index is 0.0798. The van der Waals surface area contributed by atoms with Crippen LogP contribution in [0.1, 0.15) is 96.8 Å². The monoisotopic (exact) mass is 340 g/mol. The zero-order valence-corrected chi connectivity index (χ0v) is 15.8. The van der Waals surface area contributed by atoms with E-state index in [2.05, 4.69) is 6.92 Å². The van der Waals surface area contributed by atoms with Gasteiger partial charge in [0.15, 0.2) is 0 Å². The van der Waals surface area contributed by atoms with Crippen LogP contribution in [-0.4, -0.2) is 28.0 Å². The normalized spacial score (nSPS) is 22.9. The summed E-state index contributed by atoms with van der Waals surface area (Å²) < 4.78 is 0. The summed E-state index contributed by atoms with van der Waals surface area (Å²) in [4.78, 5) is 0. The molecule has 1 fully saturated rings. The molecule has 3 heteroatoms. The molecule has 3 nitrogen and oxygen atoms in total. The number of aliphatic hydroxyl groups is 3. The van der Waals surface area contributed by atoms with Gasteiger partial charge in [0.05, 0.1) is 12.7 Å². The number of unbranched alkanes of at least 4 members (excludes halogenated alkanes) is 5. The number of hydrogen-bond acceptors (Lipinski definition) is 3. The molecule has 3 N–H and O–H groups in total. The second-order valence-electron chi connectivity index (χ2n) is 7.67. The predicted octanol–water partition coefficient (Wildman–Crippen LogP) is 5.51. The van der Waals surface area contributed by atoms with E-state index < -0.39 is 0 Å². The molecule has 1 saturated carbocycles. The van der Waals surface area contributed by atoms with Gasteiger partial charge in [0, 0.05) is 0 Å². The van der Waals surface area contributed by atoms with Gasteiger partial charge in [-0.3, -0.25) is 0 Å². The molecule has 3 atom stereocenters. The van der Waals surface area contributed by atoms with Crippen LogP contribution in [0.4, 0.5) is 0 Å². The molecule has 1 aliphatic carbocycles. The third-order valence-electron chi connectivity index (χ3n) is 5.65. The Morgan fingerprint density at radius 1 is 1.00 bits per heavy atom. The molecule has 0 bridgehead atoms. The highest BCUT2D eigenvalue weighted by Crippen LogP contribution is 2.38. The molecular formula is C21H40O3. The summed E-state index contributed by atoms with van der Waals surface area (Å²) in [5, 5.41) is 28.0. The predicted molar refractivity (Wildman–Crippen MR) is 101 cm³/mol. The highest BCUT2D eigenvalue weighted by molar-refractivity contribution is 4.89. The maximum Gasteiger partial charge on any atom is 0.114 e. The second kappa shape index (κ2) is 13.7. The van der Waals surface area contributed by atoms with Crippen molar-refractivity contribution < 1.29 is 15.3 Å². The lowest BCUT2D eigenvalue weighted by Gasteiger charge is -2.21. The fourth-order valence-electron chi connectivity index (χ4n) is 4.12. The Labute approximate surface area is 149 Å². The van der Waals surface area contributed by atoms with Crippen LogP contribution in [0.5, 0.6) is 0 Å². The second-order valence-corrected chi connectivity index (χ2v) is 7.67. The fourth-order valence-corrected chi connectivity index (χ4v) is 4.12. The van der Waals surface area contributed by atoms with E-state index in [9.17, 15) is 10.2 Å². The first-order valence-electron chi connectivity index (χ1n) is 10.3. The number of aliphatic hydroxyl groups excluding tert-OH is 3. The standard InChI is InChI=1S/C21H40O3/c1-2-3-6-13-20(23)16-15-19-12-9-11-18(19)10-7-4-5-8-14-21(24)17-22/h14,18-20,22-24H,2-13,15-17H2,1H3/t18-,19+,20?/m0/s1. The van der Waals surface area contributed by atoms with E-state index in [1.165, 1.54) is 64.2 Å². The minimum atomic E-state index is -0.242. The molecule has 0 radical (unpaired) electrons. The molecule has 0 aromatic carbocycles. The first kappa shape index (κ1) is 21.5. The van der Waals surface area contributed by atoms with E-state index >= 15 is 0 Å². The number of hydrogen-bond donors (Lipinski definition) is 3. The Morgan fingerprint density at radius 2 is 1.75 bits per heavy atom. The lowest BCUT2D eigenvalue weighted by atomic mass is 9.86. The van der Waals surface area contributed by atoms with Crippen LogP contribution in [0.3, 0.4) is 0 Å². The Morgan fingerprint density at radius 3 is 2.46 bits per heavy atom. The molecule has 142 valence electrons. The van der Waals surface area contributed by atoms with Gasteiger partial charge in [0.1, 0.15) is 5.76 Å². The Bertz CT molecular complexity index is 327. The van der Waals surface area contributed by atoms with Crippen LogP contribution in [0, 0.1) is 11.8 Å². The van der Waals surface area contributed by atoms with Crippen molar-refractivity contribution in [3.63, 3.8) is 0 Å². The Balaban J connectivity index is 2.10. The van der Waals surface area contributed by atoms with E-state index in [-0.39, 0.29) is 18.5 Å². The van der Waals surface area contributed by atoms with Crippen LogP contribution >= 0.6 is 0 Å². The van der Waals surface area contributed by atoms with Crippen LogP contribution in [0.2, 0.25) is 0 Å². The Kier molecular flexibility index (Phi) is 12.3. The van der Waals surface area contributed by atoms with Gasteiger partial charge in [-0.1, -0.05) is 64.7 Å². The zero-order valence-electron chi connectivity index (χ0n) is 15.8. The largest absolute Gasteiger partial charge is 0.510 e. The van der Waals surface area contributed by atoms with Crippen molar-refractivity contribution in [1.82, 2.24) is 0 Å². The summed E-state index contributed by atoms with van der Waals surface area (Å²) in [5.74, 6) is 1.81. The third kappa shape index (κ3) is 9.68. The van der Waals surface area contributed by atoms with Crippen LogP contribution in [0.25, 0.3) is 0 Å². The van der Waals surface area contributed by atoms with E-state index in [1.54, 1.807) is 6.08 Å². The van der Waals surface area contributed by atoms with Gasteiger partial charge >= 0.3 is 0 Å². The molecule has 0 amide bonds. The quantitative estimate of drug-likeness (QED) is 0.289. The van der Waals surface area contributed by atoms with Gasteiger partial charge in [0.25, 0.3) is 0 Å². The summed E-state index contributed by atoms with van der Waals surface area (Å²) in [6, 6.07) is 0. The maximum atomic E-state index is 10.1. The van der Waals surface area contributed by atoms with Gasteiger partial charge in [-0.15, -0.1) is 0 Å². The fraction of sp³-hybridized carbons (Fsp3) is 0.905. The molecule has 0 aromatic heterocycles. The van der Waals surface area contributed by atoms with Crippen molar-refractivity contribution in [3.8, 4) is 0 Å². The van der Waals surface area contributed by atoms with Gasteiger partial charge in [-0.2, -0.15) is 0 Å². The molecule has 1 unspecified atom stereocenters. The molecule has 0 saturated heterocycles. The lowest BCUT2D eigenvalue weighted by Crippen LogP contribution is -2.13. The first-order valence-corrected chi connectivity index (χ1v) is 10.3. The average molecular weight is 341 g/mol. The molecule has 1 aliphatic rings. The third-order valence-corrected chi connectivity index (χ3v) is 5.65. The van der Waals surface area contributed by atoms with Crippen molar-refractivity contribution in [3.05, 3.63) is 11.8 Å². The van der Waals surface area contributed by atoms with E-state index in [4.69, 9.17) is 5.11 Å². The minimum Gasteiger partial charge on any atom is -0.510 e.